The van der Waals surface area contributed by atoms with Crippen molar-refractivity contribution in [1.29, 1.82) is 0 Å². The van der Waals surface area contributed by atoms with Gasteiger partial charge < -0.3 is 20.3 Å². The van der Waals surface area contributed by atoms with Crippen LogP contribution in [0.2, 0.25) is 0 Å². The lowest BCUT2D eigenvalue weighted by Gasteiger charge is -2.36. The highest BCUT2D eigenvalue weighted by Crippen LogP contribution is 2.41. The SMILES string of the molecule is Cc1cc(C2CCN([C@@H]3CCNC3)CC2)cc2c1OCc1c(ncnc1N1CCS(=O)(=O)CC1)N2. The zero-order valence-electron chi connectivity index (χ0n) is 20.3. The molecule has 0 radical (unpaired) electrons. The van der Waals surface area contributed by atoms with Gasteiger partial charge >= 0.3 is 0 Å². The van der Waals surface area contributed by atoms with Gasteiger partial charge in [-0.3, -0.25) is 4.90 Å². The Bertz CT molecular complexity index is 1190. The number of nitrogens with zero attached hydrogens (tertiary/aromatic N) is 4. The highest BCUT2D eigenvalue weighted by atomic mass is 32.2. The molecule has 3 fully saturated rings. The van der Waals surface area contributed by atoms with E-state index in [2.05, 4.69) is 44.6 Å². The zero-order valence-corrected chi connectivity index (χ0v) is 21.1. The molecular formula is C25H34N6O3S. The van der Waals surface area contributed by atoms with Crippen LogP contribution < -0.4 is 20.3 Å². The first-order chi connectivity index (χ1) is 17.0. The molecule has 4 aliphatic rings. The molecule has 0 unspecified atom stereocenters. The lowest BCUT2D eigenvalue weighted by molar-refractivity contribution is 0.161. The van der Waals surface area contributed by atoms with Gasteiger partial charge in [-0.15, -0.1) is 0 Å². The standard InChI is InChI=1S/C25H34N6O3S/c1-17-12-19(18-3-6-30(7-4-18)20-2-5-26-14-20)13-22-23(17)34-15-21-24(29-22)27-16-28-25(21)31-8-10-35(32,33)11-9-31/h12-13,16,18,20,26H,2-11,14-15H2,1H3,(H,27,28,29)/t20-/m1/s1. The van der Waals surface area contributed by atoms with Crippen LogP contribution in [0.25, 0.3) is 0 Å². The van der Waals surface area contributed by atoms with E-state index < -0.39 is 9.84 Å². The minimum absolute atomic E-state index is 0.152. The first-order valence-electron chi connectivity index (χ1n) is 12.8. The summed E-state index contributed by atoms with van der Waals surface area (Å²) in [6.45, 7) is 7.92. The van der Waals surface area contributed by atoms with E-state index in [1.165, 1.54) is 24.8 Å². The fourth-order valence-corrected chi connectivity index (χ4v) is 7.18. The monoisotopic (exact) mass is 498 g/mol. The fourth-order valence-electron chi connectivity index (χ4n) is 5.98. The molecule has 10 heteroatoms. The van der Waals surface area contributed by atoms with Crippen LogP contribution in [0.4, 0.5) is 17.3 Å². The Balaban J connectivity index is 1.22. The molecule has 0 amide bonds. The average molecular weight is 499 g/mol. The minimum Gasteiger partial charge on any atom is -0.486 e. The number of hydrogen-bond donors (Lipinski definition) is 2. The maximum atomic E-state index is 11.9. The number of sulfone groups is 1. The van der Waals surface area contributed by atoms with E-state index in [9.17, 15) is 8.42 Å². The third kappa shape index (κ3) is 4.59. The number of anilines is 3. The number of rotatable bonds is 3. The molecular weight excluding hydrogens is 464 g/mol. The number of nitrogens with one attached hydrogen (secondary N) is 2. The summed E-state index contributed by atoms with van der Waals surface area (Å²) < 4.78 is 30.1. The van der Waals surface area contributed by atoms with Crippen molar-refractivity contribution in [2.75, 3.05) is 61.0 Å². The van der Waals surface area contributed by atoms with Crippen LogP contribution in [0, 0.1) is 6.92 Å². The molecule has 35 heavy (non-hydrogen) atoms. The van der Waals surface area contributed by atoms with Crippen molar-refractivity contribution in [3.63, 3.8) is 0 Å². The van der Waals surface area contributed by atoms with Gasteiger partial charge in [-0.2, -0.15) is 0 Å². The second-order valence-electron chi connectivity index (χ2n) is 10.2. The number of likely N-dealkylation sites (tertiary alicyclic amines) is 1. The van der Waals surface area contributed by atoms with Crippen LogP contribution in [0.5, 0.6) is 5.75 Å². The first kappa shape index (κ1) is 23.0. The molecule has 3 saturated heterocycles. The van der Waals surface area contributed by atoms with Gasteiger partial charge in [0, 0.05) is 25.7 Å². The van der Waals surface area contributed by atoms with Crippen LogP contribution in [0.15, 0.2) is 18.5 Å². The average Bonchev–Trinajstić information content (AvgIpc) is 3.32. The smallest absolute Gasteiger partial charge is 0.153 e. The quantitative estimate of drug-likeness (QED) is 0.660. The summed E-state index contributed by atoms with van der Waals surface area (Å²) in [5.41, 5.74) is 4.31. The Morgan fingerprint density at radius 3 is 2.60 bits per heavy atom. The molecule has 1 atom stereocenters. The van der Waals surface area contributed by atoms with Crippen LogP contribution in [-0.4, -0.2) is 80.1 Å². The van der Waals surface area contributed by atoms with Gasteiger partial charge in [0.2, 0.25) is 0 Å². The van der Waals surface area contributed by atoms with Gasteiger partial charge in [0.25, 0.3) is 0 Å². The predicted octanol–water partition coefficient (Wildman–Crippen LogP) is 2.20. The second-order valence-corrected chi connectivity index (χ2v) is 12.6. The van der Waals surface area contributed by atoms with Gasteiger partial charge in [-0.1, -0.05) is 6.07 Å². The third-order valence-corrected chi connectivity index (χ3v) is 9.64. The van der Waals surface area contributed by atoms with Gasteiger partial charge in [-0.25, -0.2) is 18.4 Å². The van der Waals surface area contributed by atoms with Gasteiger partial charge in [0.15, 0.2) is 9.84 Å². The first-order valence-corrected chi connectivity index (χ1v) is 14.6. The fraction of sp³-hybridized carbons (Fsp3) is 0.600. The normalized spacial score (nSPS) is 24.7. The molecule has 6 rings (SSSR count). The Hall–Kier alpha value is -2.43. The largest absolute Gasteiger partial charge is 0.486 e. The summed E-state index contributed by atoms with van der Waals surface area (Å²) in [4.78, 5) is 13.7. The number of piperidine rings is 1. The molecule has 0 spiro atoms. The van der Waals surface area contributed by atoms with Crippen molar-refractivity contribution >= 4 is 27.2 Å². The lowest BCUT2D eigenvalue weighted by atomic mass is 9.87. The molecule has 1 aromatic heterocycles. The molecule has 0 saturated carbocycles. The van der Waals surface area contributed by atoms with E-state index in [-0.39, 0.29) is 11.5 Å². The van der Waals surface area contributed by atoms with Crippen molar-refractivity contribution in [2.24, 2.45) is 0 Å². The van der Waals surface area contributed by atoms with Crippen molar-refractivity contribution in [3.8, 4) is 5.75 Å². The Kier molecular flexibility index (Phi) is 6.06. The summed E-state index contributed by atoms with van der Waals surface area (Å²) in [7, 11) is -2.96. The predicted molar refractivity (Wildman–Crippen MR) is 137 cm³/mol. The van der Waals surface area contributed by atoms with Crippen LogP contribution in [0.1, 0.15) is 41.9 Å². The Morgan fingerprint density at radius 2 is 1.86 bits per heavy atom. The van der Waals surface area contributed by atoms with Crippen molar-refractivity contribution < 1.29 is 13.2 Å². The van der Waals surface area contributed by atoms with E-state index in [0.29, 0.717) is 31.7 Å². The number of ether oxygens (including phenoxy) is 1. The second kappa shape index (κ2) is 9.22. The number of fused-ring (bicyclic) bond motifs is 2. The maximum Gasteiger partial charge on any atom is 0.153 e. The molecule has 2 aromatic rings. The molecule has 5 heterocycles. The summed E-state index contributed by atoms with van der Waals surface area (Å²) >= 11 is 0. The summed E-state index contributed by atoms with van der Waals surface area (Å²) in [5, 5.41) is 7.03. The number of aryl methyl sites for hydroxylation is 1. The molecule has 4 aliphatic heterocycles. The molecule has 0 bridgehead atoms. The minimum atomic E-state index is -2.96. The highest BCUT2D eigenvalue weighted by Gasteiger charge is 2.30. The number of hydrogen-bond acceptors (Lipinski definition) is 9. The molecule has 0 aliphatic carbocycles. The molecule has 188 valence electrons. The third-order valence-electron chi connectivity index (χ3n) is 8.03. The summed E-state index contributed by atoms with van der Waals surface area (Å²) in [6, 6.07) is 5.23. The van der Waals surface area contributed by atoms with Crippen molar-refractivity contribution in [2.45, 2.75) is 44.8 Å². The van der Waals surface area contributed by atoms with Gasteiger partial charge in [0.1, 0.15) is 30.3 Å². The van der Waals surface area contributed by atoms with E-state index in [0.717, 1.165) is 60.4 Å². The van der Waals surface area contributed by atoms with E-state index in [1.807, 2.05) is 4.90 Å². The van der Waals surface area contributed by atoms with Crippen LogP contribution in [0.3, 0.4) is 0 Å². The Morgan fingerprint density at radius 1 is 1.06 bits per heavy atom. The summed E-state index contributed by atoms with van der Waals surface area (Å²) in [6.07, 6.45) is 5.17. The van der Waals surface area contributed by atoms with Crippen molar-refractivity contribution in [3.05, 3.63) is 35.2 Å². The number of benzene rings is 1. The lowest BCUT2D eigenvalue weighted by Crippen LogP contribution is -2.42. The number of aromatic nitrogens is 2. The van der Waals surface area contributed by atoms with E-state index in [4.69, 9.17) is 4.74 Å². The van der Waals surface area contributed by atoms with E-state index in [1.54, 1.807) is 6.33 Å². The molecule has 2 N–H and O–H groups in total. The summed E-state index contributed by atoms with van der Waals surface area (Å²) in [5.74, 6) is 3.20. The van der Waals surface area contributed by atoms with Crippen LogP contribution in [-0.2, 0) is 16.4 Å². The molecule has 9 nitrogen and oxygen atoms in total. The van der Waals surface area contributed by atoms with Gasteiger partial charge in [-0.05, 0) is 68.9 Å². The Labute approximate surface area is 207 Å². The van der Waals surface area contributed by atoms with E-state index >= 15 is 0 Å². The van der Waals surface area contributed by atoms with Crippen LogP contribution >= 0.6 is 0 Å². The maximum absolute atomic E-state index is 11.9. The highest BCUT2D eigenvalue weighted by molar-refractivity contribution is 7.91. The van der Waals surface area contributed by atoms with Gasteiger partial charge in [0.05, 0.1) is 22.8 Å². The molecule has 1 aromatic carbocycles. The zero-order chi connectivity index (χ0) is 24.0. The topological polar surface area (TPSA) is 99.7 Å². The van der Waals surface area contributed by atoms with Crippen molar-refractivity contribution in [1.82, 2.24) is 20.2 Å².